The second kappa shape index (κ2) is 6.01. The SMILES string of the molecule is CCCCC1C2=C(CC(C)(C)CC2=O)Nc2c1ccc1ccccc21. The Morgan fingerprint density at radius 2 is 1.92 bits per heavy atom. The highest BCUT2D eigenvalue weighted by atomic mass is 16.1. The van der Waals surface area contributed by atoms with E-state index in [9.17, 15) is 4.79 Å². The van der Waals surface area contributed by atoms with Crippen LogP contribution in [0.25, 0.3) is 10.8 Å². The molecule has 0 saturated carbocycles. The summed E-state index contributed by atoms with van der Waals surface area (Å²) in [5, 5.41) is 6.22. The first-order chi connectivity index (χ1) is 12.0. The van der Waals surface area contributed by atoms with Crippen LogP contribution in [-0.2, 0) is 4.79 Å². The van der Waals surface area contributed by atoms with E-state index in [1.807, 2.05) is 0 Å². The summed E-state index contributed by atoms with van der Waals surface area (Å²) in [7, 11) is 0. The minimum Gasteiger partial charge on any atom is -0.358 e. The maximum absolute atomic E-state index is 13.0. The Morgan fingerprint density at radius 1 is 1.12 bits per heavy atom. The van der Waals surface area contributed by atoms with Crippen molar-refractivity contribution in [1.82, 2.24) is 0 Å². The Bertz CT molecular complexity index is 875. The normalized spacial score (nSPS) is 21.7. The molecule has 2 aromatic carbocycles. The van der Waals surface area contributed by atoms with E-state index in [1.165, 1.54) is 27.7 Å². The number of hydrogen-bond donors (Lipinski definition) is 1. The average Bonchev–Trinajstić information content (AvgIpc) is 2.57. The zero-order valence-electron chi connectivity index (χ0n) is 15.5. The molecule has 1 atom stereocenters. The minimum absolute atomic E-state index is 0.0420. The summed E-state index contributed by atoms with van der Waals surface area (Å²) in [5.41, 5.74) is 4.81. The van der Waals surface area contributed by atoms with Crippen molar-refractivity contribution in [3.05, 3.63) is 53.2 Å². The van der Waals surface area contributed by atoms with Crippen LogP contribution in [0.4, 0.5) is 5.69 Å². The number of carbonyl (C=O) groups excluding carboxylic acids is 1. The van der Waals surface area contributed by atoms with E-state index < -0.39 is 0 Å². The molecule has 0 saturated heterocycles. The lowest BCUT2D eigenvalue weighted by atomic mass is 9.69. The third-order valence-electron chi connectivity index (χ3n) is 5.73. The van der Waals surface area contributed by atoms with Gasteiger partial charge in [0.25, 0.3) is 0 Å². The standard InChI is InChI=1S/C23H27NO/c1-4-5-9-17-18-12-11-15-8-6-7-10-16(15)22(18)24-19-13-23(2,3)14-20(25)21(17)19/h6-8,10-12,17,24H,4-5,9,13-14H2,1-3H3. The van der Waals surface area contributed by atoms with Gasteiger partial charge in [-0.3, -0.25) is 4.79 Å². The van der Waals surface area contributed by atoms with Crippen LogP contribution in [0.15, 0.2) is 47.7 Å². The average molecular weight is 333 g/mol. The van der Waals surface area contributed by atoms with Gasteiger partial charge in [0.05, 0.1) is 0 Å². The molecule has 1 heterocycles. The summed E-state index contributed by atoms with van der Waals surface area (Å²) in [6.07, 6.45) is 5.01. The molecule has 0 amide bonds. The molecule has 1 aliphatic heterocycles. The van der Waals surface area contributed by atoms with Crippen molar-refractivity contribution < 1.29 is 4.79 Å². The fraction of sp³-hybridized carbons (Fsp3) is 0.435. The van der Waals surface area contributed by atoms with Gasteiger partial charge >= 0.3 is 0 Å². The van der Waals surface area contributed by atoms with Crippen LogP contribution < -0.4 is 5.32 Å². The monoisotopic (exact) mass is 333 g/mol. The first-order valence-electron chi connectivity index (χ1n) is 9.55. The number of rotatable bonds is 3. The summed E-state index contributed by atoms with van der Waals surface area (Å²) < 4.78 is 0. The molecule has 0 spiro atoms. The number of benzene rings is 2. The van der Waals surface area contributed by atoms with E-state index in [0.29, 0.717) is 12.2 Å². The number of fused-ring (bicyclic) bond motifs is 3. The van der Waals surface area contributed by atoms with E-state index in [0.717, 1.165) is 31.3 Å². The number of Topliss-reactive ketones (excluding diaryl/α,β-unsaturated/α-hetero) is 1. The van der Waals surface area contributed by atoms with E-state index in [1.54, 1.807) is 0 Å². The van der Waals surface area contributed by atoms with Gasteiger partial charge in [0.15, 0.2) is 5.78 Å². The van der Waals surface area contributed by atoms with Crippen molar-refractivity contribution in [3.63, 3.8) is 0 Å². The maximum Gasteiger partial charge on any atom is 0.161 e. The van der Waals surface area contributed by atoms with E-state index in [2.05, 4.69) is 62.5 Å². The number of carbonyl (C=O) groups is 1. The second-order valence-electron chi connectivity index (χ2n) is 8.40. The van der Waals surface area contributed by atoms with Crippen LogP contribution in [0.5, 0.6) is 0 Å². The Hall–Kier alpha value is -2.09. The number of ketones is 1. The quantitative estimate of drug-likeness (QED) is 0.726. The summed E-state index contributed by atoms with van der Waals surface area (Å²) in [5.74, 6) is 0.595. The number of hydrogen-bond acceptors (Lipinski definition) is 2. The Kier molecular flexibility index (Phi) is 3.94. The van der Waals surface area contributed by atoms with E-state index in [-0.39, 0.29) is 11.3 Å². The lowest BCUT2D eigenvalue weighted by Gasteiger charge is -2.39. The minimum atomic E-state index is 0.0420. The summed E-state index contributed by atoms with van der Waals surface area (Å²) in [4.78, 5) is 13.0. The van der Waals surface area contributed by atoms with Gasteiger partial charge in [-0.1, -0.05) is 70.0 Å². The van der Waals surface area contributed by atoms with Crippen LogP contribution in [0.2, 0.25) is 0 Å². The highest BCUT2D eigenvalue weighted by Crippen LogP contribution is 2.49. The largest absolute Gasteiger partial charge is 0.358 e. The van der Waals surface area contributed by atoms with Crippen molar-refractivity contribution >= 4 is 22.2 Å². The van der Waals surface area contributed by atoms with Gasteiger partial charge in [0.2, 0.25) is 0 Å². The smallest absolute Gasteiger partial charge is 0.161 e. The molecule has 25 heavy (non-hydrogen) atoms. The molecule has 1 N–H and O–H groups in total. The van der Waals surface area contributed by atoms with Crippen LogP contribution in [0, 0.1) is 5.41 Å². The lowest BCUT2D eigenvalue weighted by Crippen LogP contribution is -2.33. The molecule has 0 fully saturated rings. The molecule has 2 aromatic rings. The summed E-state index contributed by atoms with van der Waals surface area (Å²) in [6.45, 7) is 6.63. The highest BCUT2D eigenvalue weighted by molar-refractivity contribution is 6.04. The van der Waals surface area contributed by atoms with Crippen LogP contribution >= 0.6 is 0 Å². The molecular weight excluding hydrogens is 306 g/mol. The zero-order chi connectivity index (χ0) is 17.6. The van der Waals surface area contributed by atoms with Gasteiger partial charge in [-0.2, -0.15) is 0 Å². The third-order valence-corrected chi connectivity index (χ3v) is 5.73. The molecule has 2 aliphatic rings. The molecule has 4 rings (SSSR count). The predicted octanol–water partition coefficient (Wildman–Crippen LogP) is 6.18. The van der Waals surface area contributed by atoms with Gasteiger partial charge in [0.1, 0.15) is 0 Å². The van der Waals surface area contributed by atoms with Crippen LogP contribution in [-0.4, -0.2) is 5.78 Å². The molecule has 0 aromatic heterocycles. The second-order valence-corrected chi connectivity index (χ2v) is 8.40. The molecule has 2 heteroatoms. The molecule has 0 radical (unpaired) electrons. The van der Waals surface area contributed by atoms with Crippen molar-refractivity contribution in [3.8, 4) is 0 Å². The molecular formula is C23H27NO. The number of nitrogens with one attached hydrogen (secondary N) is 1. The van der Waals surface area contributed by atoms with E-state index in [4.69, 9.17) is 0 Å². The van der Waals surface area contributed by atoms with Gasteiger partial charge in [0, 0.05) is 34.7 Å². The summed E-state index contributed by atoms with van der Waals surface area (Å²) in [6, 6.07) is 13.0. The van der Waals surface area contributed by atoms with E-state index >= 15 is 0 Å². The maximum atomic E-state index is 13.0. The Morgan fingerprint density at radius 3 is 2.72 bits per heavy atom. The summed E-state index contributed by atoms with van der Waals surface area (Å²) >= 11 is 0. The molecule has 2 nitrogen and oxygen atoms in total. The number of unbranched alkanes of at least 4 members (excludes halogenated alkanes) is 1. The highest BCUT2D eigenvalue weighted by Gasteiger charge is 2.39. The van der Waals surface area contributed by atoms with Crippen molar-refractivity contribution in [2.75, 3.05) is 5.32 Å². The Labute approximate surface area is 150 Å². The number of anilines is 1. The van der Waals surface area contributed by atoms with Gasteiger partial charge in [-0.15, -0.1) is 0 Å². The zero-order valence-corrected chi connectivity index (χ0v) is 15.5. The van der Waals surface area contributed by atoms with Crippen molar-refractivity contribution in [2.24, 2.45) is 5.41 Å². The van der Waals surface area contributed by atoms with Crippen LogP contribution in [0.1, 0.15) is 64.4 Å². The van der Waals surface area contributed by atoms with Gasteiger partial charge in [-0.05, 0) is 29.2 Å². The fourth-order valence-corrected chi connectivity index (χ4v) is 4.58. The van der Waals surface area contributed by atoms with Crippen LogP contribution in [0.3, 0.4) is 0 Å². The first kappa shape index (κ1) is 16.4. The topological polar surface area (TPSA) is 29.1 Å². The van der Waals surface area contributed by atoms with Gasteiger partial charge in [-0.25, -0.2) is 0 Å². The molecule has 1 aliphatic carbocycles. The van der Waals surface area contributed by atoms with Crippen molar-refractivity contribution in [1.29, 1.82) is 0 Å². The third kappa shape index (κ3) is 2.78. The predicted molar refractivity (Wildman–Crippen MR) is 105 cm³/mol. The van der Waals surface area contributed by atoms with Crippen molar-refractivity contribution in [2.45, 2.75) is 58.8 Å². The lowest BCUT2D eigenvalue weighted by molar-refractivity contribution is -0.118. The first-order valence-corrected chi connectivity index (χ1v) is 9.55. The molecule has 0 bridgehead atoms. The number of allylic oxidation sites excluding steroid dienone is 2. The fourth-order valence-electron chi connectivity index (χ4n) is 4.58. The molecule has 1 unspecified atom stereocenters. The van der Waals surface area contributed by atoms with Gasteiger partial charge < -0.3 is 5.32 Å². The Balaban J connectivity index is 1.89. The molecule has 130 valence electrons.